The van der Waals surface area contributed by atoms with Crippen LogP contribution in [0.2, 0.25) is 0 Å². The molecule has 0 saturated carbocycles. The highest BCUT2D eigenvalue weighted by atomic mass is 32.2. The first kappa shape index (κ1) is 11.4. The number of rotatable bonds is 7. The predicted molar refractivity (Wildman–Crippen MR) is 55.0 cm³/mol. The maximum Gasteiger partial charge on any atom is 0.118 e. The third-order valence-corrected chi connectivity index (χ3v) is 2.48. The molecular weight excluding hydrogens is 172 g/mol. The minimum atomic E-state index is -0.356. The van der Waals surface area contributed by atoms with Crippen molar-refractivity contribution in [3.8, 4) is 0 Å². The van der Waals surface area contributed by atoms with Gasteiger partial charge in [-0.05, 0) is 31.2 Å². The van der Waals surface area contributed by atoms with Gasteiger partial charge in [0.2, 0.25) is 0 Å². The summed E-state index contributed by atoms with van der Waals surface area (Å²) in [6.07, 6.45) is 4.29. The van der Waals surface area contributed by atoms with Crippen molar-refractivity contribution >= 4 is 23.8 Å². The Hall–Kier alpha value is -0.550. The number of amidine groups is 1. The maximum atomic E-state index is 7.01. The van der Waals surface area contributed by atoms with E-state index in [9.17, 15) is 0 Å². The minimum absolute atomic E-state index is 0.0343. The Balaban J connectivity index is 3.19. The van der Waals surface area contributed by atoms with Crippen LogP contribution in [-0.2, 0) is 0 Å². The highest BCUT2D eigenvalue weighted by molar-refractivity contribution is 8.00. The zero-order chi connectivity index (χ0) is 9.40. The van der Waals surface area contributed by atoms with Crippen molar-refractivity contribution in [3.63, 3.8) is 0 Å². The molecule has 0 radical (unpaired) electrons. The zero-order valence-electron chi connectivity index (χ0n) is 7.05. The molecule has 0 bridgehead atoms. The second kappa shape index (κ2) is 7.12. The minimum Gasteiger partial charge on any atom is -0.386 e. The van der Waals surface area contributed by atoms with Gasteiger partial charge in [0.05, 0.1) is 0 Å². The molecule has 4 nitrogen and oxygen atoms in total. The van der Waals surface area contributed by atoms with E-state index in [4.69, 9.17) is 22.3 Å². The summed E-state index contributed by atoms with van der Waals surface area (Å²) in [5, 5.41) is 13.4. The average molecular weight is 188 g/mol. The van der Waals surface area contributed by atoms with Crippen molar-refractivity contribution in [2.75, 3.05) is 5.75 Å². The van der Waals surface area contributed by atoms with Gasteiger partial charge in [-0.3, -0.25) is 5.41 Å². The maximum absolute atomic E-state index is 7.01. The van der Waals surface area contributed by atoms with Gasteiger partial charge in [-0.1, -0.05) is 0 Å². The summed E-state index contributed by atoms with van der Waals surface area (Å²) in [5.74, 6) is 0.946. The van der Waals surface area contributed by atoms with E-state index in [-0.39, 0.29) is 11.2 Å². The molecule has 0 saturated heterocycles. The molecule has 0 spiro atoms. The molecule has 6 N–H and O–H groups in total. The van der Waals surface area contributed by atoms with Gasteiger partial charge in [0.25, 0.3) is 0 Å². The van der Waals surface area contributed by atoms with Crippen LogP contribution in [0.1, 0.15) is 19.3 Å². The van der Waals surface area contributed by atoms with E-state index in [1.807, 2.05) is 0 Å². The standard InChI is InChI=1S/C7H16N4S/c8-4-2-1-3-5-12-7(11)6(9)10/h4,7-8H,1-3,5,11H2,(H3,9,10). The third kappa shape index (κ3) is 6.18. The number of hydrogen-bond acceptors (Lipinski definition) is 4. The lowest BCUT2D eigenvalue weighted by atomic mass is 10.3. The summed E-state index contributed by atoms with van der Waals surface area (Å²) in [4.78, 5) is 0. The predicted octanol–water partition coefficient (Wildman–Crippen LogP) is 0.760. The molecule has 12 heavy (non-hydrogen) atoms. The zero-order valence-corrected chi connectivity index (χ0v) is 7.86. The number of hydrogen-bond donors (Lipinski definition) is 4. The SMILES string of the molecule is N=CCCCCSC(N)C(=N)N. The fourth-order valence-electron chi connectivity index (χ4n) is 0.649. The smallest absolute Gasteiger partial charge is 0.118 e. The van der Waals surface area contributed by atoms with Gasteiger partial charge in [-0.25, -0.2) is 0 Å². The topological polar surface area (TPSA) is 99.7 Å². The second-order valence-electron chi connectivity index (χ2n) is 2.45. The molecule has 1 unspecified atom stereocenters. The number of nitrogens with one attached hydrogen (secondary N) is 2. The molecule has 0 aliphatic carbocycles. The van der Waals surface area contributed by atoms with Gasteiger partial charge in [-0.15, -0.1) is 11.8 Å². The van der Waals surface area contributed by atoms with E-state index >= 15 is 0 Å². The number of thioether (sulfide) groups is 1. The average Bonchev–Trinajstić information content (AvgIpc) is 2.03. The van der Waals surface area contributed by atoms with Crippen LogP contribution in [0.25, 0.3) is 0 Å². The third-order valence-electron chi connectivity index (χ3n) is 1.35. The van der Waals surface area contributed by atoms with Crippen molar-refractivity contribution < 1.29 is 0 Å². The first-order chi connectivity index (χ1) is 5.68. The Morgan fingerprint density at radius 3 is 2.67 bits per heavy atom. The monoisotopic (exact) mass is 188 g/mol. The van der Waals surface area contributed by atoms with Crippen molar-refractivity contribution in [3.05, 3.63) is 0 Å². The van der Waals surface area contributed by atoms with Crippen LogP contribution in [0, 0.1) is 10.8 Å². The lowest BCUT2D eigenvalue weighted by Gasteiger charge is -2.07. The van der Waals surface area contributed by atoms with Crippen LogP contribution in [0.3, 0.4) is 0 Å². The summed E-state index contributed by atoms with van der Waals surface area (Å²) in [7, 11) is 0. The molecule has 0 aromatic carbocycles. The van der Waals surface area contributed by atoms with E-state index < -0.39 is 0 Å². The molecule has 70 valence electrons. The fourth-order valence-corrected chi connectivity index (χ4v) is 1.45. The largest absolute Gasteiger partial charge is 0.386 e. The fraction of sp³-hybridized carbons (Fsp3) is 0.714. The van der Waals surface area contributed by atoms with Crippen LogP contribution in [-0.4, -0.2) is 23.2 Å². The van der Waals surface area contributed by atoms with E-state index in [1.54, 1.807) is 0 Å². The highest BCUT2D eigenvalue weighted by Crippen LogP contribution is 2.08. The molecule has 0 aliphatic rings. The Morgan fingerprint density at radius 1 is 1.50 bits per heavy atom. The molecule has 1 atom stereocenters. The molecule has 0 aromatic rings. The Kier molecular flexibility index (Phi) is 6.79. The Labute approximate surface area is 77.1 Å². The summed E-state index contributed by atoms with van der Waals surface area (Å²) >= 11 is 1.49. The van der Waals surface area contributed by atoms with Crippen LogP contribution in [0.5, 0.6) is 0 Å². The van der Waals surface area contributed by atoms with Crippen LogP contribution < -0.4 is 11.5 Å². The quantitative estimate of drug-likeness (QED) is 0.205. The van der Waals surface area contributed by atoms with Gasteiger partial charge in [-0.2, -0.15) is 0 Å². The van der Waals surface area contributed by atoms with Gasteiger partial charge in [0, 0.05) is 0 Å². The molecule has 5 heteroatoms. The molecule has 0 fully saturated rings. The van der Waals surface area contributed by atoms with Crippen molar-refractivity contribution in [2.24, 2.45) is 11.5 Å². The van der Waals surface area contributed by atoms with Gasteiger partial charge < -0.3 is 16.9 Å². The first-order valence-corrected chi connectivity index (χ1v) is 4.93. The summed E-state index contributed by atoms with van der Waals surface area (Å²) < 4.78 is 0. The first-order valence-electron chi connectivity index (χ1n) is 3.88. The van der Waals surface area contributed by atoms with Crippen molar-refractivity contribution in [2.45, 2.75) is 24.6 Å². The number of unbranched alkanes of at least 4 members (excludes halogenated alkanes) is 2. The van der Waals surface area contributed by atoms with Crippen molar-refractivity contribution in [1.82, 2.24) is 0 Å². The highest BCUT2D eigenvalue weighted by Gasteiger charge is 2.04. The van der Waals surface area contributed by atoms with Crippen LogP contribution in [0.4, 0.5) is 0 Å². The van der Waals surface area contributed by atoms with E-state index in [1.165, 1.54) is 18.0 Å². The summed E-state index contributed by atoms with van der Waals surface area (Å²) in [6, 6.07) is 0. The Bertz CT molecular complexity index is 148. The van der Waals surface area contributed by atoms with Crippen molar-refractivity contribution in [1.29, 1.82) is 10.8 Å². The molecule has 0 aliphatic heterocycles. The van der Waals surface area contributed by atoms with Gasteiger partial charge in [0.15, 0.2) is 0 Å². The van der Waals surface area contributed by atoms with Gasteiger partial charge >= 0.3 is 0 Å². The van der Waals surface area contributed by atoms with E-state index in [2.05, 4.69) is 0 Å². The van der Waals surface area contributed by atoms with Crippen LogP contribution in [0.15, 0.2) is 0 Å². The van der Waals surface area contributed by atoms with E-state index in [0.29, 0.717) is 0 Å². The molecule has 0 heterocycles. The van der Waals surface area contributed by atoms with E-state index in [0.717, 1.165) is 25.0 Å². The molecule has 0 amide bonds. The lowest BCUT2D eigenvalue weighted by Crippen LogP contribution is -2.32. The van der Waals surface area contributed by atoms with Crippen LogP contribution >= 0.6 is 11.8 Å². The molecular formula is C7H16N4S. The molecule has 0 aromatic heterocycles. The summed E-state index contributed by atoms with van der Waals surface area (Å²) in [6.45, 7) is 0. The lowest BCUT2D eigenvalue weighted by molar-refractivity contribution is 0.848. The Morgan fingerprint density at radius 2 is 2.17 bits per heavy atom. The van der Waals surface area contributed by atoms with Gasteiger partial charge in [0.1, 0.15) is 11.2 Å². The second-order valence-corrected chi connectivity index (χ2v) is 3.70. The number of nitrogens with two attached hydrogens (primary N) is 2. The normalized spacial score (nSPS) is 12.4. The summed E-state index contributed by atoms with van der Waals surface area (Å²) in [5.41, 5.74) is 10.7. The molecule has 0 rings (SSSR count).